The molecule has 2 bridgehead atoms. The average Bonchev–Trinajstić information content (AvgIpc) is 1.62. The molecule has 0 aliphatic heterocycles. The summed E-state index contributed by atoms with van der Waals surface area (Å²) in [5, 5.41) is 0. The van der Waals surface area contributed by atoms with Gasteiger partial charge in [0.15, 0.2) is 0 Å². The Morgan fingerprint density at radius 1 is 0.310 bits per heavy atom. The third-order valence-corrected chi connectivity index (χ3v) is 20.2. The number of hydrogen-bond donors (Lipinski definition) is 0. The Morgan fingerprint density at radius 2 is 0.782 bits per heavy atom. The first kappa shape index (κ1) is 52.8. The van der Waals surface area contributed by atoms with Crippen molar-refractivity contribution in [3.05, 3.63) is 336 Å². The van der Waals surface area contributed by atoms with Gasteiger partial charge in [0.1, 0.15) is 0 Å². The predicted octanol–water partition coefficient (Wildman–Crippen LogP) is 22.7. The van der Waals surface area contributed by atoms with Crippen LogP contribution >= 0.6 is 0 Å². The van der Waals surface area contributed by atoms with Crippen molar-refractivity contribution in [2.45, 2.75) is 63.2 Å². The number of anilines is 6. The lowest BCUT2D eigenvalue weighted by Gasteiger charge is -2.37. The monoisotopic (exact) mass is 1120 g/mol. The van der Waals surface area contributed by atoms with Crippen LogP contribution in [0.4, 0.5) is 34.1 Å². The second-order valence-corrected chi connectivity index (χ2v) is 25.6. The van der Waals surface area contributed by atoms with Gasteiger partial charge in [0.25, 0.3) is 0 Å². The van der Waals surface area contributed by atoms with Crippen LogP contribution in [0.1, 0.15) is 84.9 Å². The summed E-state index contributed by atoms with van der Waals surface area (Å²) >= 11 is 0. The molecule has 12 aromatic rings. The normalized spacial score (nSPS) is 18.3. The molecule has 2 heteroatoms. The van der Waals surface area contributed by atoms with Gasteiger partial charge in [-0.1, -0.05) is 257 Å². The maximum Gasteiger partial charge on any atom is 0.0715 e. The molecule has 0 N–H and O–H groups in total. The molecule has 2 saturated carbocycles. The van der Waals surface area contributed by atoms with E-state index in [1.165, 1.54) is 116 Å². The fourth-order valence-electron chi connectivity index (χ4n) is 16.3. The molecule has 0 aromatic heterocycles. The van der Waals surface area contributed by atoms with Crippen molar-refractivity contribution in [1.29, 1.82) is 0 Å². The summed E-state index contributed by atoms with van der Waals surface area (Å²) < 4.78 is 0. The highest BCUT2D eigenvalue weighted by Crippen LogP contribution is 2.61. The van der Waals surface area contributed by atoms with Crippen LogP contribution in [-0.4, -0.2) is 0 Å². The standard InChI is InChI=1S/C85H70N2/c1-84(2)78-34-20-18-32-73(78)76-55-71(47-49-79(76)84)87(69-30-16-7-17-31-69)82-54-67(44-48-72(82)65-42-40-63(41-43-65)62-22-8-3-9-23-62)85(66-26-12-5-13-27-66)80-35-21-19-33-74(80)77-56-75(64-24-10-4-11-25-64)83(57-81(77)85)86(68-28-14-6-15-29-68)70-45-38-58(39-46-70)50-61-52-59-36-37-60(51-59)53-61/h3-35,38-49,54-57,59-61H,36-37,50-53H2,1-2H3. The van der Waals surface area contributed by atoms with E-state index in [9.17, 15) is 0 Å². The van der Waals surface area contributed by atoms with Gasteiger partial charge in [0.05, 0.1) is 16.8 Å². The molecule has 0 spiro atoms. The van der Waals surface area contributed by atoms with Crippen LogP contribution in [0, 0.1) is 17.8 Å². The van der Waals surface area contributed by atoms with Crippen molar-refractivity contribution in [2.24, 2.45) is 17.8 Å². The Bertz CT molecular complexity index is 4460. The van der Waals surface area contributed by atoms with Crippen LogP contribution in [-0.2, 0) is 17.3 Å². The van der Waals surface area contributed by atoms with E-state index in [0.717, 1.165) is 69.4 Å². The van der Waals surface area contributed by atoms with Crippen LogP contribution in [0.2, 0.25) is 0 Å². The second kappa shape index (κ2) is 21.6. The third kappa shape index (κ3) is 9.07. The fourth-order valence-corrected chi connectivity index (χ4v) is 16.3. The first-order chi connectivity index (χ1) is 42.9. The zero-order valence-electron chi connectivity index (χ0n) is 49.7. The van der Waals surface area contributed by atoms with E-state index in [2.05, 4.69) is 321 Å². The number of rotatable bonds is 13. The van der Waals surface area contributed by atoms with E-state index in [4.69, 9.17) is 0 Å². The molecule has 2 fully saturated rings. The number of para-hydroxylation sites is 2. The van der Waals surface area contributed by atoms with Crippen LogP contribution in [0.15, 0.2) is 297 Å². The predicted molar refractivity (Wildman–Crippen MR) is 364 cm³/mol. The minimum Gasteiger partial charge on any atom is -0.310 e. The van der Waals surface area contributed by atoms with E-state index < -0.39 is 5.41 Å². The largest absolute Gasteiger partial charge is 0.310 e. The van der Waals surface area contributed by atoms with E-state index in [0.29, 0.717) is 0 Å². The lowest BCUT2D eigenvalue weighted by atomic mass is 9.67. The van der Waals surface area contributed by atoms with Crippen molar-refractivity contribution in [3.63, 3.8) is 0 Å². The molecule has 4 aliphatic rings. The zero-order valence-corrected chi connectivity index (χ0v) is 49.7. The van der Waals surface area contributed by atoms with Gasteiger partial charge in [-0.3, -0.25) is 0 Å². The SMILES string of the molecule is CC1(C)c2ccccc2-c2cc(N(c3ccccc3)c3cc(C4(c5ccccc5)c5ccccc5-c5cc(-c6ccccc6)c(N(c6ccccc6)c6ccc(CC7CC8CCC(C8)C7)cc6)cc54)ccc3-c3ccc(-c4ccccc4)cc3)ccc21. The Kier molecular flexibility index (Phi) is 13.1. The number of fused-ring (bicyclic) bond motifs is 8. The molecule has 4 aliphatic carbocycles. The van der Waals surface area contributed by atoms with Gasteiger partial charge in [-0.25, -0.2) is 0 Å². The van der Waals surface area contributed by atoms with Gasteiger partial charge >= 0.3 is 0 Å². The molecule has 0 heterocycles. The number of nitrogens with zero attached hydrogens (tertiary/aromatic N) is 2. The molecule has 0 amide bonds. The Hall–Kier alpha value is -9.76. The lowest BCUT2D eigenvalue weighted by molar-refractivity contribution is 0.260. The summed E-state index contributed by atoms with van der Waals surface area (Å²) in [5.74, 6) is 2.62. The highest BCUT2D eigenvalue weighted by atomic mass is 15.2. The van der Waals surface area contributed by atoms with Gasteiger partial charge in [-0.05, 0) is 194 Å². The van der Waals surface area contributed by atoms with Crippen LogP contribution in [0.3, 0.4) is 0 Å². The first-order valence-corrected chi connectivity index (χ1v) is 31.6. The van der Waals surface area contributed by atoms with E-state index in [1.807, 2.05) is 0 Å². The molecule has 3 unspecified atom stereocenters. The Morgan fingerprint density at radius 3 is 1.44 bits per heavy atom. The Labute approximate surface area is 513 Å². The van der Waals surface area contributed by atoms with Crippen molar-refractivity contribution >= 4 is 34.1 Å². The van der Waals surface area contributed by atoms with Crippen molar-refractivity contribution < 1.29 is 0 Å². The van der Waals surface area contributed by atoms with Gasteiger partial charge in [-0.15, -0.1) is 0 Å². The van der Waals surface area contributed by atoms with Crippen LogP contribution in [0.25, 0.3) is 55.6 Å². The average molecular weight is 1120 g/mol. The van der Waals surface area contributed by atoms with Gasteiger partial charge in [0.2, 0.25) is 0 Å². The van der Waals surface area contributed by atoms with Gasteiger partial charge in [-0.2, -0.15) is 0 Å². The van der Waals surface area contributed by atoms with Crippen molar-refractivity contribution in [2.75, 3.05) is 9.80 Å². The van der Waals surface area contributed by atoms with E-state index >= 15 is 0 Å². The molecule has 0 radical (unpaired) electrons. The topological polar surface area (TPSA) is 6.48 Å². The highest BCUT2D eigenvalue weighted by Gasteiger charge is 2.48. The van der Waals surface area contributed by atoms with Crippen LogP contribution < -0.4 is 9.80 Å². The van der Waals surface area contributed by atoms with Crippen LogP contribution in [0.5, 0.6) is 0 Å². The molecule has 3 atom stereocenters. The van der Waals surface area contributed by atoms with Gasteiger partial charge in [0, 0.05) is 39.3 Å². The number of benzene rings is 12. The number of hydrogen-bond acceptors (Lipinski definition) is 2. The first-order valence-electron chi connectivity index (χ1n) is 31.6. The van der Waals surface area contributed by atoms with Crippen molar-refractivity contribution in [3.8, 4) is 55.6 Å². The summed E-state index contributed by atoms with van der Waals surface area (Å²) in [6.07, 6.45) is 8.24. The summed E-state index contributed by atoms with van der Waals surface area (Å²) in [4.78, 5) is 5.06. The minimum atomic E-state index is -0.767. The molecule has 12 aromatic carbocycles. The zero-order chi connectivity index (χ0) is 58.1. The second-order valence-electron chi connectivity index (χ2n) is 25.6. The smallest absolute Gasteiger partial charge is 0.0715 e. The molecule has 16 rings (SSSR count). The molecular formula is C85H70N2. The third-order valence-electron chi connectivity index (χ3n) is 20.2. The molecule has 0 saturated heterocycles. The quantitative estimate of drug-likeness (QED) is 0.114. The molecular weight excluding hydrogens is 1050 g/mol. The summed E-state index contributed by atoms with van der Waals surface area (Å²) in [6.45, 7) is 4.74. The summed E-state index contributed by atoms with van der Waals surface area (Å²) in [5.41, 5.74) is 27.0. The highest BCUT2D eigenvalue weighted by molar-refractivity contribution is 5.98. The molecule has 87 heavy (non-hydrogen) atoms. The summed E-state index contributed by atoms with van der Waals surface area (Å²) in [7, 11) is 0. The summed E-state index contributed by atoms with van der Waals surface area (Å²) in [6, 6.07) is 112. The fraction of sp³-hybridized carbons (Fsp3) is 0.153. The van der Waals surface area contributed by atoms with E-state index in [-0.39, 0.29) is 5.41 Å². The maximum absolute atomic E-state index is 2.58. The van der Waals surface area contributed by atoms with Gasteiger partial charge < -0.3 is 9.80 Å². The molecule has 420 valence electrons. The minimum absolute atomic E-state index is 0.133. The maximum atomic E-state index is 2.58. The lowest BCUT2D eigenvalue weighted by Crippen LogP contribution is -2.29. The van der Waals surface area contributed by atoms with E-state index in [1.54, 1.807) is 0 Å². The Balaban J connectivity index is 0.946. The van der Waals surface area contributed by atoms with Crippen molar-refractivity contribution in [1.82, 2.24) is 0 Å². The molecule has 2 nitrogen and oxygen atoms in total.